The highest BCUT2D eigenvalue weighted by atomic mass is 16.5. The molecule has 0 saturated heterocycles. The molecule has 0 heterocycles. The number of benzene rings is 2. The van der Waals surface area contributed by atoms with Gasteiger partial charge in [-0.25, -0.2) is 4.79 Å². The van der Waals surface area contributed by atoms with Crippen LogP contribution in [-0.4, -0.2) is 30.1 Å². The molecule has 5 heteroatoms. The van der Waals surface area contributed by atoms with Crippen LogP contribution in [0.4, 0.5) is 0 Å². The lowest BCUT2D eigenvalue weighted by atomic mass is 10.1. The fraction of sp³-hybridized carbons (Fsp3) is 0.158. The van der Waals surface area contributed by atoms with Crippen molar-refractivity contribution < 1.29 is 19.4 Å². The van der Waals surface area contributed by atoms with E-state index in [1.54, 1.807) is 18.2 Å². The second kappa shape index (κ2) is 8.53. The van der Waals surface area contributed by atoms with Crippen molar-refractivity contribution in [1.82, 2.24) is 5.32 Å². The van der Waals surface area contributed by atoms with Crippen LogP contribution in [0.15, 0.2) is 60.7 Å². The summed E-state index contributed by atoms with van der Waals surface area (Å²) in [4.78, 5) is 23.9. The zero-order chi connectivity index (χ0) is 17.4. The number of phenols is 1. The number of methoxy groups -OCH3 is 1. The van der Waals surface area contributed by atoms with E-state index < -0.39 is 17.9 Å². The quantitative estimate of drug-likeness (QED) is 0.631. The van der Waals surface area contributed by atoms with Crippen molar-refractivity contribution in [2.24, 2.45) is 0 Å². The highest BCUT2D eigenvalue weighted by molar-refractivity contribution is 5.94. The molecular weight excluding hydrogens is 306 g/mol. The molecule has 1 amide bonds. The van der Waals surface area contributed by atoms with Gasteiger partial charge in [0.15, 0.2) is 0 Å². The average Bonchev–Trinajstić information content (AvgIpc) is 2.61. The van der Waals surface area contributed by atoms with Crippen LogP contribution in [0.3, 0.4) is 0 Å². The summed E-state index contributed by atoms with van der Waals surface area (Å²) >= 11 is 0. The van der Waals surface area contributed by atoms with E-state index in [2.05, 4.69) is 5.32 Å². The smallest absolute Gasteiger partial charge is 0.328 e. The molecule has 0 fully saturated rings. The van der Waals surface area contributed by atoms with E-state index in [0.717, 1.165) is 11.1 Å². The Hall–Kier alpha value is -3.08. The first kappa shape index (κ1) is 17.3. The SMILES string of the molecule is COC(=O)C(Cc1ccccc1)NC(=O)/C=C/c1ccc(O)cc1. The van der Waals surface area contributed by atoms with Crippen molar-refractivity contribution in [2.75, 3.05) is 7.11 Å². The summed E-state index contributed by atoms with van der Waals surface area (Å²) in [6, 6.07) is 15.1. The molecule has 2 rings (SSSR count). The number of aromatic hydroxyl groups is 1. The first-order valence-corrected chi connectivity index (χ1v) is 7.48. The maximum Gasteiger partial charge on any atom is 0.328 e. The number of esters is 1. The van der Waals surface area contributed by atoms with Gasteiger partial charge in [-0.1, -0.05) is 42.5 Å². The predicted octanol–water partition coefficient (Wildman–Crippen LogP) is 2.31. The first-order valence-electron chi connectivity index (χ1n) is 7.48. The van der Waals surface area contributed by atoms with Crippen LogP contribution in [0.1, 0.15) is 11.1 Å². The molecule has 0 aromatic heterocycles. The molecule has 0 spiro atoms. The van der Waals surface area contributed by atoms with Gasteiger partial charge in [-0.05, 0) is 29.3 Å². The number of rotatable bonds is 6. The lowest BCUT2D eigenvalue weighted by molar-refractivity contribution is -0.144. The van der Waals surface area contributed by atoms with Crippen molar-refractivity contribution in [1.29, 1.82) is 0 Å². The Labute approximate surface area is 140 Å². The van der Waals surface area contributed by atoms with Gasteiger partial charge in [-0.15, -0.1) is 0 Å². The third kappa shape index (κ3) is 5.28. The topological polar surface area (TPSA) is 75.6 Å². The molecule has 0 saturated carbocycles. The molecule has 0 radical (unpaired) electrons. The molecule has 2 aromatic rings. The number of carbonyl (C=O) groups excluding carboxylic acids is 2. The van der Waals surface area contributed by atoms with Gasteiger partial charge < -0.3 is 15.2 Å². The van der Waals surface area contributed by atoms with Gasteiger partial charge >= 0.3 is 5.97 Å². The average molecular weight is 325 g/mol. The van der Waals surface area contributed by atoms with Crippen LogP contribution in [0.2, 0.25) is 0 Å². The Bertz CT molecular complexity index is 708. The molecule has 0 aliphatic heterocycles. The minimum atomic E-state index is -0.755. The van der Waals surface area contributed by atoms with Crippen LogP contribution < -0.4 is 5.32 Å². The lowest BCUT2D eigenvalue weighted by Gasteiger charge is -2.15. The lowest BCUT2D eigenvalue weighted by Crippen LogP contribution is -2.42. The van der Waals surface area contributed by atoms with Crippen molar-refractivity contribution in [3.05, 3.63) is 71.8 Å². The van der Waals surface area contributed by atoms with Crippen LogP contribution in [0.5, 0.6) is 5.75 Å². The van der Waals surface area contributed by atoms with Gasteiger partial charge in [-0.2, -0.15) is 0 Å². The van der Waals surface area contributed by atoms with E-state index in [4.69, 9.17) is 4.74 Å². The molecule has 2 aromatic carbocycles. The maximum absolute atomic E-state index is 12.0. The minimum Gasteiger partial charge on any atom is -0.508 e. The van der Waals surface area contributed by atoms with E-state index >= 15 is 0 Å². The normalized spacial score (nSPS) is 11.9. The molecule has 24 heavy (non-hydrogen) atoms. The predicted molar refractivity (Wildman–Crippen MR) is 91.2 cm³/mol. The van der Waals surface area contributed by atoms with Crippen LogP contribution in [-0.2, 0) is 20.7 Å². The fourth-order valence-corrected chi connectivity index (χ4v) is 2.16. The number of nitrogens with one attached hydrogen (secondary N) is 1. The second-order valence-corrected chi connectivity index (χ2v) is 5.20. The second-order valence-electron chi connectivity index (χ2n) is 5.20. The Kier molecular flexibility index (Phi) is 6.14. The molecular formula is C19H19NO4. The minimum absolute atomic E-state index is 0.158. The van der Waals surface area contributed by atoms with Crippen molar-refractivity contribution in [2.45, 2.75) is 12.5 Å². The standard InChI is InChI=1S/C19H19NO4/c1-24-19(23)17(13-15-5-3-2-4-6-15)20-18(22)12-9-14-7-10-16(21)11-8-14/h2-12,17,21H,13H2,1H3,(H,20,22)/b12-9+. The van der Waals surface area contributed by atoms with E-state index in [-0.39, 0.29) is 5.75 Å². The van der Waals surface area contributed by atoms with E-state index in [1.165, 1.54) is 25.3 Å². The van der Waals surface area contributed by atoms with E-state index in [9.17, 15) is 14.7 Å². The summed E-state index contributed by atoms with van der Waals surface area (Å²) in [5.41, 5.74) is 1.69. The Morgan fingerprint density at radius 2 is 1.79 bits per heavy atom. The fourth-order valence-electron chi connectivity index (χ4n) is 2.16. The summed E-state index contributed by atoms with van der Waals surface area (Å²) < 4.78 is 4.76. The largest absolute Gasteiger partial charge is 0.508 e. The molecule has 2 N–H and O–H groups in total. The molecule has 5 nitrogen and oxygen atoms in total. The van der Waals surface area contributed by atoms with Gasteiger partial charge in [0.05, 0.1) is 7.11 Å². The number of hydrogen-bond acceptors (Lipinski definition) is 4. The van der Waals surface area contributed by atoms with E-state index in [0.29, 0.717) is 6.42 Å². The van der Waals surface area contributed by atoms with Crippen molar-refractivity contribution in [3.63, 3.8) is 0 Å². The molecule has 124 valence electrons. The third-order valence-corrected chi connectivity index (χ3v) is 3.41. The van der Waals surface area contributed by atoms with Crippen LogP contribution in [0.25, 0.3) is 6.08 Å². The highest BCUT2D eigenvalue weighted by Crippen LogP contribution is 2.10. The monoisotopic (exact) mass is 325 g/mol. The molecule has 0 aliphatic rings. The van der Waals surface area contributed by atoms with Crippen molar-refractivity contribution >= 4 is 18.0 Å². The Morgan fingerprint density at radius 3 is 2.42 bits per heavy atom. The Balaban J connectivity index is 2.01. The molecule has 1 unspecified atom stereocenters. The van der Waals surface area contributed by atoms with Gasteiger partial charge in [0, 0.05) is 12.5 Å². The number of ether oxygens (including phenoxy) is 1. The van der Waals surface area contributed by atoms with Gasteiger partial charge in [0.1, 0.15) is 11.8 Å². The van der Waals surface area contributed by atoms with Crippen LogP contribution in [0, 0.1) is 0 Å². The molecule has 0 aliphatic carbocycles. The number of amides is 1. The zero-order valence-electron chi connectivity index (χ0n) is 13.3. The number of phenolic OH excluding ortho intramolecular Hbond substituents is 1. The summed E-state index contributed by atoms with van der Waals surface area (Å²) in [5.74, 6) is -0.732. The first-order chi connectivity index (χ1) is 11.6. The summed E-state index contributed by atoms with van der Waals surface area (Å²) in [6.07, 6.45) is 3.30. The molecule has 1 atom stereocenters. The Morgan fingerprint density at radius 1 is 1.12 bits per heavy atom. The van der Waals surface area contributed by atoms with Gasteiger partial charge in [0.2, 0.25) is 5.91 Å². The van der Waals surface area contributed by atoms with Gasteiger partial charge in [-0.3, -0.25) is 4.79 Å². The molecule has 0 bridgehead atoms. The summed E-state index contributed by atoms with van der Waals surface area (Å²) in [6.45, 7) is 0. The van der Waals surface area contributed by atoms with Gasteiger partial charge in [0.25, 0.3) is 0 Å². The van der Waals surface area contributed by atoms with Crippen LogP contribution >= 0.6 is 0 Å². The van der Waals surface area contributed by atoms with E-state index in [1.807, 2.05) is 30.3 Å². The highest BCUT2D eigenvalue weighted by Gasteiger charge is 2.20. The number of carbonyl (C=O) groups is 2. The van der Waals surface area contributed by atoms with Crippen molar-refractivity contribution in [3.8, 4) is 5.75 Å². The third-order valence-electron chi connectivity index (χ3n) is 3.41. The summed E-state index contributed by atoms with van der Waals surface area (Å²) in [5, 5.41) is 11.9. The number of hydrogen-bond donors (Lipinski definition) is 2. The zero-order valence-corrected chi connectivity index (χ0v) is 13.3. The summed E-state index contributed by atoms with van der Waals surface area (Å²) in [7, 11) is 1.29. The maximum atomic E-state index is 12.0.